The van der Waals surface area contributed by atoms with Crippen LogP contribution in [0.15, 0.2) is 53.7 Å². The summed E-state index contributed by atoms with van der Waals surface area (Å²) >= 11 is 7.52. The molecule has 1 saturated heterocycles. The van der Waals surface area contributed by atoms with Crippen molar-refractivity contribution in [1.29, 1.82) is 0 Å². The summed E-state index contributed by atoms with van der Waals surface area (Å²) in [6, 6.07) is 15.9. The monoisotopic (exact) mass is 494 g/mol. The van der Waals surface area contributed by atoms with Crippen molar-refractivity contribution < 1.29 is 4.79 Å². The van der Waals surface area contributed by atoms with Crippen molar-refractivity contribution in [3.8, 4) is 0 Å². The number of aromatic nitrogens is 4. The minimum absolute atomic E-state index is 0.00909. The number of carbonyl (C=O) groups excluding carboxylic acids is 1. The van der Waals surface area contributed by atoms with Gasteiger partial charge in [-0.25, -0.2) is 4.98 Å². The van der Waals surface area contributed by atoms with E-state index in [0.717, 1.165) is 47.3 Å². The predicted molar refractivity (Wildman–Crippen MR) is 137 cm³/mol. The van der Waals surface area contributed by atoms with Crippen molar-refractivity contribution >= 4 is 51.3 Å². The summed E-state index contributed by atoms with van der Waals surface area (Å²) < 4.78 is 2.13. The topological polar surface area (TPSA) is 75.9 Å². The van der Waals surface area contributed by atoms with Crippen molar-refractivity contribution in [3.05, 3.63) is 59.1 Å². The van der Waals surface area contributed by atoms with Crippen LogP contribution in [0.2, 0.25) is 5.02 Å². The zero-order valence-corrected chi connectivity index (χ0v) is 20.5. The van der Waals surface area contributed by atoms with Gasteiger partial charge in [0.05, 0.1) is 11.3 Å². The smallest absolute Gasteiger partial charge is 0.230 e. The normalized spacial score (nSPS) is 14.6. The van der Waals surface area contributed by atoms with Gasteiger partial charge in [0.1, 0.15) is 5.52 Å². The molecule has 0 atom stereocenters. The highest BCUT2D eigenvalue weighted by Crippen LogP contribution is 2.28. The highest BCUT2D eigenvalue weighted by Gasteiger charge is 2.16. The molecular formula is C25H27ClN6OS. The Hall–Kier alpha value is -2.68. The van der Waals surface area contributed by atoms with Gasteiger partial charge in [-0.15, -0.1) is 10.2 Å². The van der Waals surface area contributed by atoms with Gasteiger partial charge in [0.25, 0.3) is 0 Å². The molecule has 1 amide bonds. The Bertz CT molecular complexity index is 1300. The van der Waals surface area contributed by atoms with Gasteiger partial charge >= 0.3 is 0 Å². The van der Waals surface area contributed by atoms with Gasteiger partial charge in [0.15, 0.2) is 5.65 Å². The van der Waals surface area contributed by atoms with Gasteiger partial charge < -0.3 is 14.8 Å². The summed E-state index contributed by atoms with van der Waals surface area (Å²) in [5, 5.41) is 14.0. The molecule has 0 spiro atoms. The second kappa shape index (κ2) is 10.7. The summed E-state index contributed by atoms with van der Waals surface area (Å²) in [6.07, 6.45) is 3.82. The van der Waals surface area contributed by atoms with E-state index in [1.54, 1.807) is 0 Å². The fourth-order valence-electron chi connectivity index (χ4n) is 4.45. The lowest BCUT2D eigenvalue weighted by atomic mass is 10.1. The molecule has 2 aromatic heterocycles. The Morgan fingerprint density at radius 1 is 1.06 bits per heavy atom. The molecule has 3 heterocycles. The molecule has 5 rings (SSSR count). The number of para-hydroxylation sites is 1. The maximum Gasteiger partial charge on any atom is 0.230 e. The molecular weight excluding hydrogens is 468 g/mol. The van der Waals surface area contributed by atoms with Crippen LogP contribution >= 0.6 is 23.4 Å². The number of likely N-dealkylation sites (tertiary alicyclic amines) is 1. The van der Waals surface area contributed by atoms with Crippen LogP contribution in [0.4, 0.5) is 0 Å². The Labute approximate surface area is 207 Å². The number of thioether (sulfide) groups is 1. The molecule has 0 unspecified atom stereocenters. The number of carbonyl (C=O) groups is 1. The van der Waals surface area contributed by atoms with Crippen LogP contribution in [-0.4, -0.2) is 62.5 Å². The molecule has 7 nitrogen and oxygen atoms in total. The first kappa shape index (κ1) is 23.1. The van der Waals surface area contributed by atoms with Gasteiger partial charge in [0.2, 0.25) is 11.1 Å². The molecule has 1 N–H and O–H groups in total. The molecule has 0 bridgehead atoms. The third-order valence-electron chi connectivity index (χ3n) is 6.12. The number of halogens is 1. The molecule has 0 radical (unpaired) electrons. The first-order valence-corrected chi connectivity index (χ1v) is 13.0. The summed E-state index contributed by atoms with van der Waals surface area (Å²) in [7, 11) is 0. The van der Waals surface area contributed by atoms with E-state index in [9.17, 15) is 4.79 Å². The first-order chi connectivity index (χ1) is 16.7. The second-order valence-corrected chi connectivity index (χ2v) is 9.92. The minimum Gasteiger partial charge on any atom is -0.354 e. The number of rotatable bonds is 8. The second-order valence-electron chi connectivity index (χ2n) is 8.54. The fraction of sp³-hybridized carbons (Fsp3) is 0.360. The quantitative estimate of drug-likeness (QED) is 0.366. The average molecular weight is 495 g/mol. The van der Waals surface area contributed by atoms with Crippen molar-refractivity contribution in [2.24, 2.45) is 0 Å². The van der Waals surface area contributed by atoms with E-state index in [1.165, 1.54) is 31.0 Å². The fourth-order valence-corrected chi connectivity index (χ4v) is 5.27. The van der Waals surface area contributed by atoms with Crippen molar-refractivity contribution in [1.82, 2.24) is 30.0 Å². The molecule has 0 saturated carbocycles. The third-order valence-corrected chi connectivity index (χ3v) is 7.19. The van der Waals surface area contributed by atoms with Crippen LogP contribution in [0, 0.1) is 0 Å². The number of benzene rings is 2. The Balaban J connectivity index is 1.30. The zero-order valence-electron chi connectivity index (χ0n) is 18.9. The lowest BCUT2D eigenvalue weighted by Crippen LogP contribution is -2.38. The molecule has 1 fully saturated rings. The number of hydrogen-bond donors (Lipinski definition) is 1. The van der Waals surface area contributed by atoms with Crippen LogP contribution in [0.5, 0.6) is 0 Å². The van der Waals surface area contributed by atoms with Gasteiger partial charge in [0, 0.05) is 30.0 Å². The number of fused-ring (bicyclic) bond motifs is 3. The molecule has 1 aliphatic rings. The highest BCUT2D eigenvalue weighted by molar-refractivity contribution is 7.99. The Kier molecular flexibility index (Phi) is 7.27. The van der Waals surface area contributed by atoms with Gasteiger partial charge in [-0.1, -0.05) is 60.1 Å². The predicted octanol–water partition coefficient (Wildman–Crippen LogP) is 4.38. The number of nitrogens with zero attached hydrogens (tertiary/aromatic N) is 5. The van der Waals surface area contributed by atoms with Crippen molar-refractivity contribution in [2.45, 2.75) is 31.0 Å². The summed E-state index contributed by atoms with van der Waals surface area (Å²) in [5.41, 5.74) is 3.63. The average Bonchev–Trinajstić information content (AvgIpc) is 3.16. The molecule has 2 aromatic carbocycles. The molecule has 176 valence electrons. The summed E-state index contributed by atoms with van der Waals surface area (Å²) in [5.74, 6) is 0.256. The maximum atomic E-state index is 12.4. The van der Waals surface area contributed by atoms with Crippen LogP contribution in [0.3, 0.4) is 0 Å². The number of amides is 1. The number of hydrogen-bond acceptors (Lipinski definition) is 6. The largest absolute Gasteiger partial charge is 0.354 e. The first-order valence-electron chi connectivity index (χ1n) is 11.7. The van der Waals surface area contributed by atoms with E-state index in [4.69, 9.17) is 16.6 Å². The van der Waals surface area contributed by atoms with Gasteiger partial charge in [-0.05, 0) is 49.7 Å². The van der Waals surface area contributed by atoms with E-state index in [-0.39, 0.29) is 11.7 Å². The third kappa shape index (κ3) is 5.35. The molecule has 9 heteroatoms. The maximum absolute atomic E-state index is 12.4. The van der Waals surface area contributed by atoms with Gasteiger partial charge in [-0.3, -0.25) is 4.79 Å². The number of piperidine rings is 1. The molecule has 4 aromatic rings. The van der Waals surface area contributed by atoms with E-state index in [2.05, 4.69) is 31.0 Å². The number of nitrogens with one attached hydrogen (secondary N) is 1. The van der Waals surface area contributed by atoms with E-state index in [1.807, 2.05) is 42.5 Å². The highest BCUT2D eigenvalue weighted by atomic mass is 35.5. The summed E-state index contributed by atoms with van der Waals surface area (Å²) in [4.78, 5) is 19.6. The van der Waals surface area contributed by atoms with Crippen LogP contribution < -0.4 is 5.32 Å². The van der Waals surface area contributed by atoms with E-state index < -0.39 is 0 Å². The molecule has 34 heavy (non-hydrogen) atoms. The van der Waals surface area contributed by atoms with Crippen molar-refractivity contribution in [2.75, 3.05) is 31.9 Å². The zero-order chi connectivity index (χ0) is 23.3. The Morgan fingerprint density at radius 3 is 2.76 bits per heavy atom. The van der Waals surface area contributed by atoms with Crippen molar-refractivity contribution in [3.63, 3.8) is 0 Å². The van der Waals surface area contributed by atoms with Crippen LogP contribution in [-0.2, 0) is 11.3 Å². The summed E-state index contributed by atoms with van der Waals surface area (Å²) in [6.45, 7) is 4.46. The standard InChI is InChI=1S/C25H27ClN6OS/c26-19-8-6-7-18(15-19)16-32-21-10-3-2-9-20(21)23-24(32)28-25(30-29-23)34-17-22(33)27-11-14-31-12-4-1-5-13-31/h2-3,6-10,15H,1,4-5,11-14,16-17H2,(H,27,33). The van der Waals surface area contributed by atoms with Gasteiger partial charge in [-0.2, -0.15) is 0 Å². The van der Waals surface area contributed by atoms with E-state index >= 15 is 0 Å². The SMILES string of the molecule is O=C(CSc1nnc2c3ccccc3n(Cc3cccc(Cl)c3)c2n1)NCCN1CCCCC1. The lowest BCUT2D eigenvalue weighted by molar-refractivity contribution is -0.118. The van der Waals surface area contributed by atoms with Crippen LogP contribution in [0.1, 0.15) is 24.8 Å². The minimum atomic E-state index is -0.00909. The van der Waals surface area contributed by atoms with Crippen LogP contribution in [0.25, 0.3) is 22.1 Å². The molecule has 1 aliphatic heterocycles. The Morgan fingerprint density at radius 2 is 1.91 bits per heavy atom. The lowest BCUT2D eigenvalue weighted by Gasteiger charge is -2.26. The van der Waals surface area contributed by atoms with E-state index in [0.29, 0.717) is 23.3 Å². The molecule has 0 aliphatic carbocycles.